The maximum atomic E-state index is 6.32. The maximum absolute atomic E-state index is 6.32. The third-order valence-corrected chi connectivity index (χ3v) is 3.77. The molecule has 2 nitrogen and oxygen atoms in total. The van der Waals surface area contributed by atoms with Crippen molar-refractivity contribution in [3.63, 3.8) is 0 Å². The Morgan fingerprint density at radius 2 is 2.00 bits per heavy atom. The van der Waals surface area contributed by atoms with Crippen LogP contribution in [0.15, 0.2) is 0 Å². The highest BCUT2D eigenvalue weighted by Gasteiger charge is 2.30. The molecule has 0 amide bonds. The van der Waals surface area contributed by atoms with Gasteiger partial charge in [0.25, 0.3) is 0 Å². The summed E-state index contributed by atoms with van der Waals surface area (Å²) >= 11 is 0. The van der Waals surface area contributed by atoms with Gasteiger partial charge in [-0.25, -0.2) is 0 Å². The largest absolute Gasteiger partial charge is 0.370 e. The van der Waals surface area contributed by atoms with Crippen molar-refractivity contribution in [2.45, 2.75) is 64.6 Å². The SMILES string of the molecule is CCC(C)(CNC)OC1CCCCC1C. The van der Waals surface area contributed by atoms with E-state index in [0.29, 0.717) is 6.10 Å². The average Bonchev–Trinajstić information content (AvgIpc) is 2.22. The van der Waals surface area contributed by atoms with Crippen molar-refractivity contribution in [2.75, 3.05) is 13.6 Å². The molecule has 0 spiro atoms. The lowest BCUT2D eigenvalue weighted by molar-refractivity contribution is -0.113. The van der Waals surface area contributed by atoms with Crippen LogP contribution in [-0.2, 0) is 4.74 Å². The van der Waals surface area contributed by atoms with Crippen LogP contribution < -0.4 is 5.32 Å². The van der Waals surface area contributed by atoms with Gasteiger partial charge in [0, 0.05) is 6.54 Å². The van der Waals surface area contributed by atoms with E-state index in [-0.39, 0.29) is 5.60 Å². The Morgan fingerprint density at radius 1 is 1.33 bits per heavy atom. The number of ether oxygens (including phenoxy) is 1. The summed E-state index contributed by atoms with van der Waals surface area (Å²) < 4.78 is 6.32. The lowest BCUT2D eigenvalue weighted by atomic mass is 9.87. The van der Waals surface area contributed by atoms with Crippen LogP contribution in [0.1, 0.15) is 52.9 Å². The summed E-state index contributed by atoms with van der Waals surface area (Å²) in [5.41, 5.74) is 0.0189. The van der Waals surface area contributed by atoms with Gasteiger partial charge < -0.3 is 10.1 Å². The van der Waals surface area contributed by atoms with Crippen LogP contribution in [0.3, 0.4) is 0 Å². The zero-order valence-corrected chi connectivity index (χ0v) is 10.8. The van der Waals surface area contributed by atoms with Crippen molar-refractivity contribution < 1.29 is 4.74 Å². The fourth-order valence-electron chi connectivity index (χ4n) is 2.45. The second-order valence-electron chi connectivity index (χ2n) is 5.25. The molecule has 0 saturated heterocycles. The van der Waals surface area contributed by atoms with E-state index in [1.807, 2.05) is 7.05 Å². The summed E-state index contributed by atoms with van der Waals surface area (Å²) in [6, 6.07) is 0. The lowest BCUT2D eigenvalue weighted by Gasteiger charge is -2.38. The molecule has 90 valence electrons. The van der Waals surface area contributed by atoms with Gasteiger partial charge in [-0.1, -0.05) is 26.7 Å². The topological polar surface area (TPSA) is 21.3 Å². The third-order valence-electron chi connectivity index (χ3n) is 3.77. The summed E-state index contributed by atoms with van der Waals surface area (Å²) in [5, 5.41) is 3.24. The van der Waals surface area contributed by atoms with E-state index in [2.05, 4.69) is 26.1 Å². The highest BCUT2D eigenvalue weighted by molar-refractivity contribution is 4.81. The van der Waals surface area contributed by atoms with Gasteiger partial charge in [0.15, 0.2) is 0 Å². The van der Waals surface area contributed by atoms with E-state index < -0.39 is 0 Å². The predicted molar refractivity (Wildman–Crippen MR) is 65.1 cm³/mol. The Bertz CT molecular complexity index is 183. The van der Waals surface area contributed by atoms with Crippen LogP contribution >= 0.6 is 0 Å². The van der Waals surface area contributed by atoms with Gasteiger partial charge >= 0.3 is 0 Å². The maximum Gasteiger partial charge on any atom is 0.0779 e. The number of hydrogen-bond donors (Lipinski definition) is 1. The molecule has 0 heterocycles. The van der Waals surface area contributed by atoms with Gasteiger partial charge in [-0.3, -0.25) is 0 Å². The van der Waals surface area contributed by atoms with Crippen molar-refractivity contribution in [1.29, 1.82) is 0 Å². The summed E-state index contributed by atoms with van der Waals surface area (Å²) in [6.45, 7) is 7.72. The summed E-state index contributed by atoms with van der Waals surface area (Å²) in [5.74, 6) is 0.737. The van der Waals surface area contributed by atoms with Gasteiger partial charge in [0.2, 0.25) is 0 Å². The molecule has 1 aliphatic carbocycles. The Morgan fingerprint density at radius 3 is 2.53 bits per heavy atom. The molecule has 15 heavy (non-hydrogen) atoms. The second kappa shape index (κ2) is 5.86. The molecule has 1 N–H and O–H groups in total. The molecule has 0 bridgehead atoms. The minimum atomic E-state index is 0.0189. The first-order chi connectivity index (χ1) is 7.11. The third kappa shape index (κ3) is 3.76. The van der Waals surface area contributed by atoms with Crippen molar-refractivity contribution in [1.82, 2.24) is 5.32 Å². The number of hydrogen-bond acceptors (Lipinski definition) is 2. The summed E-state index contributed by atoms with van der Waals surface area (Å²) in [4.78, 5) is 0. The highest BCUT2D eigenvalue weighted by atomic mass is 16.5. The molecular formula is C13H27NO. The van der Waals surface area contributed by atoms with Crippen LogP contribution in [0.25, 0.3) is 0 Å². The molecule has 1 fully saturated rings. The first-order valence-corrected chi connectivity index (χ1v) is 6.43. The van der Waals surface area contributed by atoms with Gasteiger partial charge in [-0.15, -0.1) is 0 Å². The van der Waals surface area contributed by atoms with Crippen LogP contribution in [0.4, 0.5) is 0 Å². The molecule has 0 aromatic carbocycles. The molecule has 0 radical (unpaired) electrons. The first kappa shape index (κ1) is 13.0. The van der Waals surface area contributed by atoms with E-state index >= 15 is 0 Å². The van der Waals surface area contributed by atoms with Crippen LogP contribution in [-0.4, -0.2) is 25.3 Å². The Balaban J connectivity index is 2.49. The van der Waals surface area contributed by atoms with Gasteiger partial charge in [-0.2, -0.15) is 0 Å². The Kier molecular flexibility index (Phi) is 5.07. The van der Waals surface area contributed by atoms with Crippen molar-refractivity contribution >= 4 is 0 Å². The second-order valence-corrected chi connectivity index (χ2v) is 5.25. The van der Waals surface area contributed by atoms with Gasteiger partial charge in [0.05, 0.1) is 11.7 Å². The Hall–Kier alpha value is -0.0800. The molecule has 1 aliphatic rings. The van der Waals surface area contributed by atoms with Crippen LogP contribution in [0, 0.1) is 5.92 Å². The minimum Gasteiger partial charge on any atom is -0.370 e. The zero-order valence-electron chi connectivity index (χ0n) is 10.8. The van der Waals surface area contributed by atoms with Crippen molar-refractivity contribution in [2.24, 2.45) is 5.92 Å². The van der Waals surface area contributed by atoms with E-state index in [1.54, 1.807) is 0 Å². The Labute approximate surface area is 94.8 Å². The molecule has 2 heteroatoms. The van der Waals surface area contributed by atoms with Gasteiger partial charge in [-0.05, 0) is 39.2 Å². The fourth-order valence-corrected chi connectivity index (χ4v) is 2.45. The molecule has 0 aromatic rings. The molecule has 1 rings (SSSR count). The average molecular weight is 213 g/mol. The molecule has 3 unspecified atom stereocenters. The van der Waals surface area contributed by atoms with Crippen molar-refractivity contribution in [3.05, 3.63) is 0 Å². The van der Waals surface area contributed by atoms with Crippen LogP contribution in [0.5, 0.6) is 0 Å². The lowest BCUT2D eigenvalue weighted by Crippen LogP contribution is -2.43. The summed E-state index contributed by atoms with van der Waals surface area (Å²) in [7, 11) is 2.00. The predicted octanol–water partition coefficient (Wildman–Crippen LogP) is 2.97. The van der Waals surface area contributed by atoms with E-state index in [4.69, 9.17) is 4.74 Å². The normalized spacial score (nSPS) is 31.2. The van der Waals surface area contributed by atoms with E-state index in [1.165, 1.54) is 25.7 Å². The molecule has 3 atom stereocenters. The number of rotatable bonds is 5. The zero-order chi connectivity index (χ0) is 11.3. The van der Waals surface area contributed by atoms with Gasteiger partial charge in [0.1, 0.15) is 0 Å². The monoisotopic (exact) mass is 213 g/mol. The minimum absolute atomic E-state index is 0.0189. The van der Waals surface area contributed by atoms with E-state index in [9.17, 15) is 0 Å². The molecule has 0 aliphatic heterocycles. The quantitative estimate of drug-likeness (QED) is 0.758. The van der Waals surface area contributed by atoms with Crippen molar-refractivity contribution in [3.8, 4) is 0 Å². The number of likely N-dealkylation sites (N-methyl/N-ethyl adjacent to an activating group) is 1. The molecule has 0 aromatic heterocycles. The summed E-state index contributed by atoms with van der Waals surface area (Å²) in [6.07, 6.45) is 6.88. The first-order valence-electron chi connectivity index (χ1n) is 6.43. The molecular weight excluding hydrogens is 186 g/mol. The smallest absolute Gasteiger partial charge is 0.0779 e. The molecule has 1 saturated carbocycles. The highest BCUT2D eigenvalue weighted by Crippen LogP contribution is 2.30. The fraction of sp³-hybridized carbons (Fsp3) is 1.00. The number of nitrogens with one attached hydrogen (secondary N) is 1. The van der Waals surface area contributed by atoms with Crippen LogP contribution in [0.2, 0.25) is 0 Å². The van der Waals surface area contributed by atoms with E-state index in [0.717, 1.165) is 18.9 Å². The standard InChI is InChI=1S/C13H27NO/c1-5-13(3,10-14-4)15-12-9-7-6-8-11(12)2/h11-12,14H,5-10H2,1-4H3.